The van der Waals surface area contributed by atoms with E-state index >= 15 is 0 Å². The molecule has 0 saturated heterocycles. The average molecular weight is 606 g/mol. The predicted octanol–water partition coefficient (Wildman–Crippen LogP) is 6.73. The summed E-state index contributed by atoms with van der Waals surface area (Å²) in [6, 6.07) is 19.8. The van der Waals surface area contributed by atoms with Gasteiger partial charge in [0.2, 0.25) is 0 Å². The van der Waals surface area contributed by atoms with Gasteiger partial charge in [-0.25, -0.2) is 0 Å². The Morgan fingerprint density at radius 1 is 0.650 bits per heavy atom. The normalized spacial score (nSPS) is 12.8. The Bertz CT molecular complexity index is 1760. The van der Waals surface area contributed by atoms with Gasteiger partial charge in [0.25, 0.3) is 0 Å². The van der Waals surface area contributed by atoms with Crippen LogP contribution in [-0.2, 0) is 20.2 Å². The number of benzene rings is 4. The summed E-state index contributed by atoms with van der Waals surface area (Å²) in [6.07, 6.45) is 0. The Hall–Kier alpha value is -3.98. The molecule has 0 bridgehead atoms. The highest BCUT2D eigenvalue weighted by atomic mass is 32.2. The minimum Gasteiger partial charge on any atom is -0.376 e. The van der Waals surface area contributed by atoms with Gasteiger partial charge in [-0.1, -0.05) is 54.6 Å². The number of fused-ring (bicyclic) bond motifs is 1. The molecule has 0 aliphatic rings. The van der Waals surface area contributed by atoms with Crippen molar-refractivity contribution in [3.8, 4) is 22.6 Å². The van der Waals surface area contributed by atoms with E-state index in [1.165, 1.54) is 41.3 Å². The van der Waals surface area contributed by atoms with Crippen molar-refractivity contribution in [3.63, 3.8) is 0 Å². The standard InChI is InChI=1S/C25H17F6NO6S2/c1-32(17-7-3-2-4-8-17)21-15-22(38-40(35,36)25(29,30)31)19-9-5-6-10-20(19)23(21)16-11-13-18(14-12-16)37-39(33,34)24(26,27)28/h2-15H,1H3. The van der Waals surface area contributed by atoms with E-state index in [0.29, 0.717) is 11.3 Å². The first-order valence-corrected chi connectivity index (χ1v) is 13.8. The molecular weight excluding hydrogens is 588 g/mol. The lowest BCUT2D eigenvalue weighted by Crippen LogP contribution is -2.28. The van der Waals surface area contributed by atoms with E-state index in [4.69, 9.17) is 0 Å². The van der Waals surface area contributed by atoms with Gasteiger partial charge in [0.05, 0.1) is 5.69 Å². The van der Waals surface area contributed by atoms with Crippen LogP contribution >= 0.6 is 0 Å². The number of rotatable bonds is 7. The van der Waals surface area contributed by atoms with E-state index in [1.54, 1.807) is 37.4 Å². The second kappa shape index (κ2) is 10.2. The van der Waals surface area contributed by atoms with Crippen LogP contribution in [0.5, 0.6) is 11.5 Å². The summed E-state index contributed by atoms with van der Waals surface area (Å²) in [5.41, 5.74) is -10.0. The van der Waals surface area contributed by atoms with Crippen molar-refractivity contribution in [1.82, 2.24) is 0 Å². The van der Waals surface area contributed by atoms with Gasteiger partial charge < -0.3 is 13.3 Å². The van der Waals surface area contributed by atoms with Crippen LogP contribution in [0.3, 0.4) is 0 Å². The van der Waals surface area contributed by atoms with Crippen LogP contribution in [0.1, 0.15) is 0 Å². The molecule has 0 N–H and O–H groups in total. The summed E-state index contributed by atoms with van der Waals surface area (Å²) in [5.74, 6) is -1.26. The molecule has 0 fully saturated rings. The zero-order valence-electron chi connectivity index (χ0n) is 20.1. The maximum Gasteiger partial charge on any atom is 0.534 e. The predicted molar refractivity (Wildman–Crippen MR) is 135 cm³/mol. The zero-order valence-corrected chi connectivity index (χ0v) is 21.7. The van der Waals surface area contributed by atoms with Crippen molar-refractivity contribution < 1.29 is 51.5 Å². The minimum absolute atomic E-state index is 0.0180. The Kier molecular flexibility index (Phi) is 7.40. The molecule has 0 saturated carbocycles. The van der Waals surface area contributed by atoms with Gasteiger partial charge in [-0.2, -0.15) is 43.2 Å². The molecule has 0 unspecified atom stereocenters. The van der Waals surface area contributed by atoms with Gasteiger partial charge in [0, 0.05) is 29.8 Å². The van der Waals surface area contributed by atoms with Crippen LogP contribution < -0.4 is 13.3 Å². The molecule has 0 atom stereocenters. The molecule has 212 valence electrons. The Morgan fingerprint density at radius 3 is 1.70 bits per heavy atom. The number of para-hydroxylation sites is 1. The number of halogens is 6. The highest BCUT2D eigenvalue weighted by molar-refractivity contribution is 7.88. The van der Waals surface area contributed by atoms with Gasteiger partial charge in [-0.3, -0.25) is 0 Å². The van der Waals surface area contributed by atoms with Gasteiger partial charge in [0.15, 0.2) is 5.75 Å². The lowest BCUT2D eigenvalue weighted by atomic mass is 9.95. The lowest BCUT2D eigenvalue weighted by molar-refractivity contribution is -0.0504. The molecule has 0 aliphatic heterocycles. The minimum atomic E-state index is -6.05. The summed E-state index contributed by atoms with van der Waals surface area (Å²) < 4.78 is 133. The van der Waals surface area contributed by atoms with Gasteiger partial charge in [0.1, 0.15) is 5.75 Å². The van der Waals surface area contributed by atoms with Crippen molar-refractivity contribution in [3.05, 3.63) is 84.9 Å². The third-order valence-electron chi connectivity index (χ3n) is 5.61. The fourth-order valence-corrected chi connectivity index (χ4v) is 4.70. The second-order valence-electron chi connectivity index (χ2n) is 8.20. The summed E-state index contributed by atoms with van der Waals surface area (Å²) >= 11 is 0. The van der Waals surface area contributed by atoms with Crippen LogP contribution in [0, 0.1) is 0 Å². The van der Waals surface area contributed by atoms with Crippen LogP contribution in [0.25, 0.3) is 21.9 Å². The molecule has 4 rings (SSSR count). The Balaban J connectivity index is 1.94. The van der Waals surface area contributed by atoms with E-state index in [1.807, 2.05) is 0 Å². The van der Waals surface area contributed by atoms with Gasteiger partial charge in [-0.15, -0.1) is 0 Å². The number of hydrogen-bond donors (Lipinski definition) is 0. The number of alkyl halides is 6. The third kappa shape index (κ3) is 5.65. The van der Waals surface area contributed by atoms with E-state index in [9.17, 15) is 43.2 Å². The highest BCUT2D eigenvalue weighted by Gasteiger charge is 2.49. The summed E-state index contributed by atoms with van der Waals surface area (Å²) in [7, 11) is -10.4. The largest absolute Gasteiger partial charge is 0.534 e. The summed E-state index contributed by atoms with van der Waals surface area (Å²) in [5, 5.41) is 0.210. The van der Waals surface area contributed by atoms with Crippen LogP contribution in [0.15, 0.2) is 84.9 Å². The smallest absolute Gasteiger partial charge is 0.376 e. The average Bonchev–Trinajstić information content (AvgIpc) is 2.87. The highest BCUT2D eigenvalue weighted by Crippen LogP contribution is 2.45. The van der Waals surface area contributed by atoms with E-state index in [2.05, 4.69) is 8.37 Å². The molecule has 0 aromatic heterocycles. The SMILES string of the molecule is CN(c1ccccc1)c1cc(OS(=O)(=O)C(F)(F)F)c2ccccc2c1-c1ccc(OS(=O)(=O)C(F)(F)F)cc1. The lowest BCUT2D eigenvalue weighted by Gasteiger charge is -2.25. The van der Waals surface area contributed by atoms with Crippen molar-refractivity contribution in [2.75, 3.05) is 11.9 Å². The van der Waals surface area contributed by atoms with Gasteiger partial charge in [-0.05, 0) is 35.2 Å². The van der Waals surface area contributed by atoms with Crippen molar-refractivity contribution in [2.45, 2.75) is 11.0 Å². The zero-order chi connectivity index (χ0) is 29.5. The molecule has 0 spiro atoms. The van der Waals surface area contributed by atoms with E-state index < -0.39 is 42.8 Å². The molecular formula is C25H17F6NO6S2. The van der Waals surface area contributed by atoms with Crippen LogP contribution in [-0.4, -0.2) is 34.9 Å². The quantitative estimate of drug-likeness (QED) is 0.131. The summed E-state index contributed by atoms with van der Waals surface area (Å²) in [4.78, 5) is 1.54. The number of anilines is 2. The van der Waals surface area contributed by atoms with E-state index in [0.717, 1.165) is 18.2 Å². The fourth-order valence-electron chi connectivity index (χ4n) is 3.77. The molecule has 0 radical (unpaired) electrons. The van der Waals surface area contributed by atoms with Crippen molar-refractivity contribution in [1.29, 1.82) is 0 Å². The van der Waals surface area contributed by atoms with E-state index in [-0.39, 0.29) is 22.0 Å². The van der Waals surface area contributed by atoms with Crippen LogP contribution in [0.2, 0.25) is 0 Å². The number of hydrogen-bond acceptors (Lipinski definition) is 7. The molecule has 4 aromatic carbocycles. The molecule has 40 heavy (non-hydrogen) atoms. The van der Waals surface area contributed by atoms with Crippen LogP contribution in [0.4, 0.5) is 37.7 Å². The fraction of sp³-hybridized carbons (Fsp3) is 0.120. The molecule has 0 amide bonds. The molecule has 4 aromatic rings. The molecule has 0 heterocycles. The Labute approximate surface area is 224 Å². The topological polar surface area (TPSA) is 90.0 Å². The summed E-state index contributed by atoms with van der Waals surface area (Å²) in [6.45, 7) is 0. The first kappa shape index (κ1) is 29.0. The first-order valence-electron chi connectivity index (χ1n) is 11.0. The maximum absolute atomic E-state index is 13.2. The third-order valence-corrected chi connectivity index (χ3v) is 7.55. The molecule has 15 heteroatoms. The van der Waals surface area contributed by atoms with Crippen molar-refractivity contribution >= 4 is 42.4 Å². The maximum atomic E-state index is 13.2. The Morgan fingerprint density at radius 2 is 1.15 bits per heavy atom. The molecule has 7 nitrogen and oxygen atoms in total. The van der Waals surface area contributed by atoms with Crippen molar-refractivity contribution in [2.24, 2.45) is 0 Å². The second-order valence-corrected chi connectivity index (χ2v) is 11.3. The monoisotopic (exact) mass is 605 g/mol. The molecule has 0 aliphatic carbocycles. The number of nitrogens with zero attached hydrogens (tertiary/aromatic N) is 1. The van der Waals surface area contributed by atoms with Gasteiger partial charge >= 0.3 is 31.3 Å². The first-order chi connectivity index (χ1) is 18.5.